The van der Waals surface area contributed by atoms with E-state index >= 15 is 0 Å². The van der Waals surface area contributed by atoms with Crippen LogP contribution in [0.2, 0.25) is 0 Å². The molecule has 2 aliphatic rings. The van der Waals surface area contributed by atoms with Crippen molar-refractivity contribution in [2.75, 3.05) is 32.8 Å². The van der Waals surface area contributed by atoms with Crippen molar-refractivity contribution >= 4 is 5.91 Å². The van der Waals surface area contributed by atoms with Crippen molar-refractivity contribution in [2.45, 2.75) is 19.8 Å². The molecule has 2 aliphatic heterocycles. The van der Waals surface area contributed by atoms with Crippen LogP contribution in [0.5, 0.6) is 0 Å². The minimum absolute atomic E-state index is 0.202. The van der Waals surface area contributed by atoms with E-state index in [9.17, 15) is 4.79 Å². The van der Waals surface area contributed by atoms with Crippen LogP contribution in [0.4, 0.5) is 0 Å². The first-order valence-corrected chi connectivity index (χ1v) is 5.76. The Bertz CT molecular complexity index is 233. The Balaban J connectivity index is 1.73. The SMILES string of the molecule is CC1(CNC(=O)C2CNC2)CCOCC1. The third-order valence-corrected chi connectivity index (χ3v) is 3.54. The van der Waals surface area contributed by atoms with Crippen molar-refractivity contribution in [3.63, 3.8) is 0 Å². The van der Waals surface area contributed by atoms with Crippen LogP contribution in [0.3, 0.4) is 0 Å². The fourth-order valence-corrected chi connectivity index (χ4v) is 1.96. The van der Waals surface area contributed by atoms with Gasteiger partial charge in [0, 0.05) is 32.8 Å². The highest BCUT2D eigenvalue weighted by Crippen LogP contribution is 2.28. The second-order valence-corrected chi connectivity index (χ2v) is 5.00. The lowest BCUT2D eigenvalue weighted by Gasteiger charge is -2.35. The summed E-state index contributed by atoms with van der Waals surface area (Å²) in [5.41, 5.74) is 0.241. The van der Waals surface area contributed by atoms with E-state index in [1.54, 1.807) is 0 Å². The monoisotopic (exact) mass is 212 g/mol. The topological polar surface area (TPSA) is 50.4 Å². The Hall–Kier alpha value is -0.610. The second-order valence-electron chi connectivity index (χ2n) is 5.00. The van der Waals surface area contributed by atoms with Crippen molar-refractivity contribution in [2.24, 2.45) is 11.3 Å². The first-order chi connectivity index (χ1) is 7.20. The van der Waals surface area contributed by atoms with E-state index in [2.05, 4.69) is 17.6 Å². The van der Waals surface area contributed by atoms with Crippen molar-refractivity contribution in [3.8, 4) is 0 Å². The van der Waals surface area contributed by atoms with Crippen LogP contribution in [0.15, 0.2) is 0 Å². The lowest BCUT2D eigenvalue weighted by Crippen LogP contribution is -2.52. The van der Waals surface area contributed by atoms with Crippen LogP contribution < -0.4 is 10.6 Å². The fraction of sp³-hybridized carbons (Fsp3) is 0.909. The summed E-state index contributed by atoms with van der Waals surface area (Å²) in [6.45, 7) is 6.37. The summed E-state index contributed by atoms with van der Waals surface area (Å²) in [6.07, 6.45) is 2.10. The second kappa shape index (κ2) is 4.49. The largest absolute Gasteiger partial charge is 0.381 e. The van der Waals surface area contributed by atoms with E-state index in [-0.39, 0.29) is 17.2 Å². The molecule has 0 spiro atoms. The summed E-state index contributed by atoms with van der Waals surface area (Å²) in [5, 5.41) is 6.17. The number of rotatable bonds is 3. The highest BCUT2D eigenvalue weighted by molar-refractivity contribution is 5.80. The number of hydrogen-bond donors (Lipinski definition) is 2. The molecular formula is C11H20N2O2. The standard InChI is InChI=1S/C11H20N2O2/c1-11(2-4-15-5-3-11)8-13-10(14)9-6-12-7-9/h9,12H,2-8H2,1H3,(H,13,14). The van der Waals surface area contributed by atoms with Crippen LogP contribution in [0.1, 0.15) is 19.8 Å². The maximum absolute atomic E-state index is 11.6. The Morgan fingerprint density at radius 1 is 1.47 bits per heavy atom. The minimum atomic E-state index is 0.202. The first kappa shape index (κ1) is 10.9. The molecule has 15 heavy (non-hydrogen) atoms. The number of carbonyl (C=O) groups excluding carboxylic acids is 1. The molecular weight excluding hydrogens is 192 g/mol. The molecule has 0 bridgehead atoms. The zero-order chi connectivity index (χ0) is 10.7. The summed E-state index contributed by atoms with van der Waals surface area (Å²) in [5.74, 6) is 0.412. The Kier molecular flexibility index (Phi) is 3.26. The van der Waals surface area contributed by atoms with Gasteiger partial charge in [0.25, 0.3) is 0 Å². The zero-order valence-electron chi connectivity index (χ0n) is 9.34. The number of ether oxygens (including phenoxy) is 1. The Morgan fingerprint density at radius 2 is 2.13 bits per heavy atom. The van der Waals surface area contributed by atoms with Gasteiger partial charge in [-0.15, -0.1) is 0 Å². The molecule has 86 valence electrons. The Labute approximate surface area is 90.8 Å². The number of hydrogen-bond acceptors (Lipinski definition) is 3. The Morgan fingerprint density at radius 3 is 2.67 bits per heavy atom. The molecule has 0 saturated carbocycles. The average Bonchev–Trinajstić information content (AvgIpc) is 2.14. The van der Waals surface area contributed by atoms with E-state index in [4.69, 9.17) is 4.74 Å². The molecule has 2 saturated heterocycles. The van der Waals surface area contributed by atoms with Gasteiger partial charge in [-0.25, -0.2) is 0 Å². The summed E-state index contributed by atoms with van der Waals surface area (Å²) in [6, 6.07) is 0. The molecule has 0 atom stereocenters. The summed E-state index contributed by atoms with van der Waals surface area (Å²) < 4.78 is 5.33. The fourth-order valence-electron chi connectivity index (χ4n) is 1.96. The first-order valence-electron chi connectivity index (χ1n) is 5.76. The van der Waals surface area contributed by atoms with Gasteiger partial charge in [-0.05, 0) is 18.3 Å². The average molecular weight is 212 g/mol. The van der Waals surface area contributed by atoms with Gasteiger partial charge in [0.2, 0.25) is 5.91 Å². The van der Waals surface area contributed by atoms with E-state index in [1.165, 1.54) is 0 Å². The van der Waals surface area contributed by atoms with Crippen LogP contribution in [-0.2, 0) is 9.53 Å². The molecule has 0 aromatic heterocycles. The van der Waals surface area contributed by atoms with E-state index < -0.39 is 0 Å². The maximum atomic E-state index is 11.6. The van der Waals surface area contributed by atoms with Crippen molar-refractivity contribution in [1.82, 2.24) is 10.6 Å². The maximum Gasteiger partial charge on any atom is 0.225 e. The van der Waals surface area contributed by atoms with E-state index in [1.807, 2.05) is 0 Å². The van der Waals surface area contributed by atoms with Gasteiger partial charge in [-0.2, -0.15) is 0 Å². The minimum Gasteiger partial charge on any atom is -0.381 e. The van der Waals surface area contributed by atoms with Gasteiger partial charge in [-0.1, -0.05) is 6.92 Å². The number of amides is 1. The number of carbonyl (C=O) groups is 1. The van der Waals surface area contributed by atoms with Crippen LogP contribution in [-0.4, -0.2) is 38.8 Å². The molecule has 1 amide bonds. The molecule has 0 radical (unpaired) electrons. The number of nitrogens with one attached hydrogen (secondary N) is 2. The van der Waals surface area contributed by atoms with Gasteiger partial charge in [0.1, 0.15) is 0 Å². The smallest absolute Gasteiger partial charge is 0.225 e. The summed E-state index contributed by atoms with van der Waals surface area (Å²) in [4.78, 5) is 11.6. The predicted molar refractivity (Wildman–Crippen MR) is 57.5 cm³/mol. The molecule has 0 aromatic carbocycles. The van der Waals surface area contributed by atoms with Crippen molar-refractivity contribution in [3.05, 3.63) is 0 Å². The lowest BCUT2D eigenvalue weighted by atomic mass is 9.82. The highest BCUT2D eigenvalue weighted by atomic mass is 16.5. The third kappa shape index (κ3) is 2.69. The van der Waals surface area contributed by atoms with Gasteiger partial charge in [0.15, 0.2) is 0 Å². The molecule has 0 aromatic rings. The molecule has 4 heteroatoms. The normalized spacial score (nSPS) is 25.7. The predicted octanol–water partition coefficient (Wildman–Crippen LogP) is 0.139. The highest BCUT2D eigenvalue weighted by Gasteiger charge is 2.30. The summed E-state index contributed by atoms with van der Waals surface area (Å²) in [7, 11) is 0. The molecule has 0 aliphatic carbocycles. The summed E-state index contributed by atoms with van der Waals surface area (Å²) >= 11 is 0. The third-order valence-electron chi connectivity index (χ3n) is 3.54. The molecule has 2 N–H and O–H groups in total. The van der Waals surface area contributed by atoms with Crippen LogP contribution in [0.25, 0.3) is 0 Å². The molecule has 2 heterocycles. The zero-order valence-corrected chi connectivity index (χ0v) is 9.34. The van der Waals surface area contributed by atoms with E-state index in [0.29, 0.717) is 0 Å². The molecule has 2 rings (SSSR count). The van der Waals surface area contributed by atoms with Crippen molar-refractivity contribution in [1.29, 1.82) is 0 Å². The van der Waals surface area contributed by atoms with Crippen LogP contribution in [0, 0.1) is 11.3 Å². The van der Waals surface area contributed by atoms with Crippen molar-refractivity contribution < 1.29 is 9.53 Å². The quantitative estimate of drug-likeness (QED) is 0.699. The molecule has 0 unspecified atom stereocenters. The van der Waals surface area contributed by atoms with Gasteiger partial charge in [0.05, 0.1) is 5.92 Å². The van der Waals surface area contributed by atoms with Gasteiger partial charge < -0.3 is 15.4 Å². The van der Waals surface area contributed by atoms with Gasteiger partial charge >= 0.3 is 0 Å². The van der Waals surface area contributed by atoms with E-state index in [0.717, 1.165) is 45.7 Å². The molecule has 4 nitrogen and oxygen atoms in total. The van der Waals surface area contributed by atoms with Gasteiger partial charge in [-0.3, -0.25) is 4.79 Å². The lowest BCUT2D eigenvalue weighted by molar-refractivity contribution is -0.127. The van der Waals surface area contributed by atoms with Crippen LogP contribution >= 0.6 is 0 Å². The molecule has 2 fully saturated rings.